The molecule has 2 aromatic rings. The van der Waals surface area contributed by atoms with E-state index >= 15 is 0 Å². The largest absolute Gasteiger partial charge is 0.490 e. The smallest absolute Gasteiger partial charge is 0.338 e. The molecule has 0 bridgehead atoms. The van der Waals surface area contributed by atoms with Gasteiger partial charge in [-0.25, -0.2) is 4.79 Å². The summed E-state index contributed by atoms with van der Waals surface area (Å²) in [5.74, 6) is 1.03. The molecule has 2 atom stereocenters. The van der Waals surface area contributed by atoms with Crippen molar-refractivity contribution in [3.05, 3.63) is 65.2 Å². The summed E-state index contributed by atoms with van der Waals surface area (Å²) < 4.78 is 23.5. The number of benzene rings is 2. The van der Waals surface area contributed by atoms with Crippen molar-refractivity contribution in [3.8, 4) is 5.75 Å². The van der Waals surface area contributed by atoms with Crippen LogP contribution < -0.4 is 4.74 Å². The Hall–Kier alpha value is -1.85. The fourth-order valence-corrected chi connectivity index (χ4v) is 3.71. The van der Waals surface area contributed by atoms with E-state index in [0.717, 1.165) is 12.8 Å². The van der Waals surface area contributed by atoms with E-state index in [4.69, 9.17) is 21.1 Å². The van der Waals surface area contributed by atoms with Crippen LogP contribution in [0.1, 0.15) is 30.1 Å². The van der Waals surface area contributed by atoms with Crippen LogP contribution in [0.2, 0.25) is 5.02 Å². The number of ether oxygens (including phenoxy) is 2. The number of hydrogen-bond donors (Lipinski definition) is 0. The third-order valence-electron chi connectivity index (χ3n) is 3.63. The van der Waals surface area contributed by atoms with Crippen LogP contribution in [0.4, 0.5) is 0 Å². The molecule has 0 aromatic heterocycles. The van der Waals surface area contributed by atoms with Gasteiger partial charge in [-0.15, -0.1) is 0 Å². The Morgan fingerprint density at radius 1 is 1.12 bits per heavy atom. The summed E-state index contributed by atoms with van der Waals surface area (Å²) in [6, 6.07) is 15.7. The zero-order chi connectivity index (χ0) is 18.8. The predicted octanol–water partition coefficient (Wildman–Crippen LogP) is 4.49. The Balaban J connectivity index is 1.99. The van der Waals surface area contributed by atoms with Crippen molar-refractivity contribution in [1.82, 2.24) is 0 Å². The molecule has 0 aliphatic rings. The van der Waals surface area contributed by atoms with E-state index in [-0.39, 0.29) is 12.4 Å². The quantitative estimate of drug-likeness (QED) is 0.557. The van der Waals surface area contributed by atoms with Crippen LogP contribution in [0.25, 0.3) is 0 Å². The zero-order valence-corrected chi connectivity index (χ0v) is 16.3. The van der Waals surface area contributed by atoms with E-state index in [1.165, 1.54) is 0 Å². The van der Waals surface area contributed by atoms with Gasteiger partial charge in [0.2, 0.25) is 0 Å². The summed E-state index contributed by atoms with van der Waals surface area (Å²) in [7, 11) is -1.06. The Morgan fingerprint density at radius 3 is 2.46 bits per heavy atom. The molecule has 0 aliphatic carbocycles. The van der Waals surface area contributed by atoms with Crippen molar-refractivity contribution in [3.63, 3.8) is 0 Å². The van der Waals surface area contributed by atoms with Gasteiger partial charge in [-0.3, -0.25) is 4.21 Å². The van der Waals surface area contributed by atoms with Crippen LogP contribution in [-0.4, -0.2) is 34.4 Å². The van der Waals surface area contributed by atoms with Gasteiger partial charge in [0, 0.05) is 21.6 Å². The summed E-state index contributed by atoms with van der Waals surface area (Å²) in [4.78, 5) is 12.3. The summed E-state index contributed by atoms with van der Waals surface area (Å²) in [5, 5.41) is 0.616. The third-order valence-corrected chi connectivity index (χ3v) is 5.37. The maximum Gasteiger partial charge on any atom is 0.338 e. The van der Waals surface area contributed by atoms with E-state index in [0.29, 0.717) is 22.1 Å². The molecule has 4 nitrogen and oxygen atoms in total. The molecule has 2 rings (SSSR count). The summed E-state index contributed by atoms with van der Waals surface area (Å²) in [6.07, 6.45) is 1.27. The second-order valence-electron chi connectivity index (χ2n) is 5.82. The van der Waals surface area contributed by atoms with E-state index in [1.54, 1.807) is 48.5 Å². The first-order valence-electron chi connectivity index (χ1n) is 8.58. The topological polar surface area (TPSA) is 52.6 Å². The van der Waals surface area contributed by atoms with Crippen LogP contribution in [0.5, 0.6) is 5.75 Å². The Labute approximate surface area is 161 Å². The third kappa shape index (κ3) is 7.18. The van der Waals surface area contributed by atoms with Gasteiger partial charge in [-0.1, -0.05) is 43.1 Å². The maximum absolute atomic E-state index is 12.3. The van der Waals surface area contributed by atoms with Crippen LogP contribution >= 0.6 is 11.6 Å². The number of unbranched alkanes of at least 4 members (excludes halogenated alkanes) is 1. The molecular formula is C20H23ClO4S. The van der Waals surface area contributed by atoms with Crippen molar-refractivity contribution in [2.75, 3.05) is 18.1 Å². The first-order valence-corrected chi connectivity index (χ1v) is 10.4. The zero-order valence-electron chi connectivity index (χ0n) is 14.7. The fourth-order valence-electron chi connectivity index (χ4n) is 2.23. The minimum absolute atomic E-state index is 0.137. The molecule has 0 saturated carbocycles. The second-order valence-corrected chi connectivity index (χ2v) is 7.88. The summed E-state index contributed by atoms with van der Waals surface area (Å²) in [5.41, 5.74) is 0.461. The molecule has 0 spiro atoms. The molecule has 0 aliphatic heterocycles. The predicted molar refractivity (Wildman–Crippen MR) is 105 cm³/mol. The van der Waals surface area contributed by atoms with E-state index in [1.807, 2.05) is 13.0 Å². The van der Waals surface area contributed by atoms with Gasteiger partial charge in [-0.05, 0) is 42.8 Å². The number of carbonyl (C=O) groups is 1. The number of esters is 1. The molecule has 0 unspecified atom stereocenters. The molecule has 0 saturated heterocycles. The van der Waals surface area contributed by atoms with Gasteiger partial charge in [0.25, 0.3) is 0 Å². The molecule has 140 valence electrons. The monoisotopic (exact) mass is 394 g/mol. The van der Waals surface area contributed by atoms with Gasteiger partial charge in [0.1, 0.15) is 18.5 Å². The van der Waals surface area contributed by atoms with Crippen molar-refractivity contribution < 1.29 is 18.5 Å². The fraction of sp³-hybridized carbons (Fsp3) is 0.350. The molecule has 0 radical (unpaired) electrons. The first-order chi connectivity index (χ1) is 12.6. The molecule has 26 heavy (non-hydrogen) atoms. The lowest BCUT2D eigenvalue weighted by atomic mass is 10.2. The van der Waals surface area contributed by atoms with Crippen molar-refractivity contribution in [2.45, 2.75) is 25.9 Å². The van der Waals surface area contributed by atoms with Crippen molar-refractivity contribution in [2.24, 2.45) is 0 Å². The Kier molecular flexibility index (Phi) is 8.65. The molecule has 0 heterocycles. The lowest BCUT2D eigenvalue weighted by Gasteiger charge is -2.18. The van der Waals surface area contributed by atoms with E-state index in [2.05, 4.69) is 0 Å². The number of hydrogen-bond acceptors (Lipinski definition) is 4. The van der Waals surface area contributed by atoms with E-state index < -0.39 is 22.9 Å². The van der Waals surface area contributed by atoms with Gasteiger partial charge >= 0.3 is 5.97 Å². The second kappa shape index (κ2) is 11.0. The Bertz CT molecular complexity index is 704. The standard InChI is InChI=1S/C20H23ClO4S/c1-2-3-13-26(23)15-19(14-24-18-11-9-17(21)10-12-18)25-20(22)16-7-5-4-6-8-16/h4-12,19H,2-3,13-15H2,1H3/t19-,26-/m1/s1. The highest BCUT2D eigenvalue weighted by atomic mass is 35.5. The van der Waals surface area contributed by atoms with Gasteiger partial charge in [-0.2, -0.15) is 0 Å². The lowest BCUT2D eigenvalue weighted by Crippen LogP contribution is -2.31. The minimum Gasteiger partial charge on any atom is -0.490 e. The molecule has 6 heteroatoms. The van der Waals surface area contributed by atoms with Crippen LogP contribution in [0, 0.1) is 0 Å². The van der Waals surface area contributed by atoms with Crippen molar-refractivity contribution >= 4 is 28.4 Å². The van der Waals surface area contributed by atoms with Crippen molar-refractivity contribution in [1.29, 1.82) is 0 Å². The lowest BCUT2D eigenvalue weighted by molar-refractivity contribution is 0.0239. The van der Waals surface area contributed by atoms with Gasteiger partial charge in [0.05, 0.1) is 11.3 Å². The molecule has 0 fully saturated rings. The van der Waals surface area contributed by atoms with Crippen LogP contribution in [0.15, 0.2) is 54.6 Å². The number of carbonyl (C=O) groups excluding carboxylic acids is 1. The SMILES string of the molecule is CCCC[S@@](=O)C[C@@H](COc1ccc(Cl)cc1)OC(=O)c1ccccc1. The normalized spacial score (nSPS) is 13.0. The Morgan fingerprint density at radius 2 is 1.81 bits per heavy atom. The minimum atomic E-state index is -1.06. The molecular weight excluding hydrogens is 372 g/mol. The number of rotatable bonds is 10. The summed E-state index contributed by atoms with van der Waals surface area (Å²) >= 11 is 5.86. The highest BCUT2D eigenvalue weighted by Gasteiger charge is 2.19. The average Bonchev–Trinajstić information content (AvgIpc) is 2.66. The molecule has 0 amide bonds. The summed E-state index contributed by atoms with van der Waals surface area (Å²) in [6.45, 7) is 2.19. The first kappa shape index (κ1) is 20.5. The van der Waals surface area contributed by atoms with Gasteiger partial charge < -0.3 is 9.47 Å². The molecule has 2 aromatic carbocycles. The average molecular weight is 395 g/mol. The maximum atomic E-state index is 12.3. The highest BCUT2D eigenvalue weighted by Crippen LogP contribution is 2.16. The molecule has 0 N–H and O–H groups in total. The van der Waals surface area contributed by atoms with E-state index in [9.17, 15) is 9.00 Å². The van der Waals surface area contributed by atoms with Gasteiger partial charge in [0.15, 0.2) is 0 Å². The van der Waals surface area contributed by atoms with Crippen LogP contribution in [0.3, 0.4) is 0 Å². The number of halogens is 1. The van der Waals surface area contributed by atoms with Crippen LogP contribution in [-0.2, 0) is 15.5 Å². The highest BCUT2D eigenvalue weighted by molar-refractivity contribution is 7.85.